The van der Waals surface area contributed by atoms with Gasteiger partial charge in [-0.15, -0.1) is 0 Å². The highest BCUT2D eigenvalue weighted by Crippen LogP contribution is 2.38. The van der Waals surface area contributed by atoms with Crippen molar-refractivity contribution >= 4 is 5.82 Å². The minimum atomic E-state index is -4.52. The highest BCUT2D eigenvalue weighted by Gasteiger charge is 2.39. The average molecular weight is 441 g/mol. The zero-order valence-electron chi connectivity index (χ0n) is 17.8. The van der Waals surface area contributed by atoms with Crippen molar-refractivity contribution in [2.45, 2.75) is 57.0 Å². The smallest absolute Gasteiger partial charge is 0.347 e. The van der Waals surface area contributed by atoms with Gasteiger partial charge >= 0.3 is 6.18 Å². The monoisotopic (exact) mass is 440 g/mol. The molecule has 2 aromatic carbocycles. The van der Waals surface area contributed by atoms with Gasteiger partial charge in [-0.3, -0.25) is 0 Å². The molecule has 0 unspecified atom stereocenters. The molecule has 1 aliphatic carbocycles. The molecule has 4 rings (SSSR count). The summed E-state index contributed by atoms with van der Waals surface area (Å²) < 4.78 is 41.6. The van der Waals surface area contributed by atoms with E-state index in [0.717, 1.165) is 43.0 Å². The largest absolute Gasteiger partial charge is 0.421 e. The third-order valence-corrected chi connectivity index (χ3v) is 6.01. The predicted octanol–water partition coefficient (Wildman–Crippen LogP) is 5.60. The van der Waals surface area contributed by atoms with Crippen molar-refractivity contribution in [1.82, 2.24) is 15.3 Å². The lowest BCUT2D eigenvalue weighted by atomic mass is 9.88. The molecule has 3 aromatic rings. The molecule has 0 aliphatic heterocycles. The molecule has 4 nitrogen and oxygen atoms in total. The normalized spacial score (nSPS) is 19.0. The second-order valence-electron chi connectivity index (χ2n) is 8.20. The molecule has 1 saturated carbocycles. The zero-order chi connectivity index (χ0) is 22.4. The van der Waals surface area contributed by atoms with Crippen LogP contribution in [0.15, 0.2) is 73.2 Å². The van der Waals surface area contributed by atoms with Gasteiger partial charge in [0.25, 0.3) is 0 Å². The molecule has 2 atom stereocenters. The Hall–Kier alpha value is -2.93. The number of benzene rings is 2. The molecule has 0 radical (unpaired) electrons. The second kappa shape index (κ2) is 10.1. The van der Waals surface area contributed by atoms with E-state index in [0.29, 0.717) is 13.1 Å². The van der Waals surface area contributed by atoms with Crippen molar-refractivity contribution in [3.63, 3.8) is 0 Å². The molecule has 168 valence electrons. The number of halogens is 3. The molecule has 0 amide bonds. The zero-order valence-corrected chi connectivity index (χ0v) is 17.8. The minimum absolute atomic E-state index is 0.0465. The standard InChI is InChI=1S/C25H27F3N4/c26-25(27,28)21-16-29-18-31-24(21)32(17-20-11-5-2-6-12-20)23-14-8-7-13-22(23)30-15-19-9-3-1-4-10-19/h1-6,9-12,16,18,22-23,30H,7-8,13-15,17H2/t22-,23-/m1/s1. The van der Waals surface area contributed by atoms with Crippen LogP contribution in [0.1, 0.15) is 42.4 Å². The van der Waals surface area contributed by atoms with E-state index in [-0.39, 0.29) is 17.9 Å². The van der Waals surface area contributed by atoms with Crippen molar-refractivity contribution in [1.29, 1.82) is 0 Å². The third kappa shape index (κ3) is 5.46. The van der Waals surface area contributed by atoms with Crippen LogP contribution in [-0.4, -0.2) is 22.1 Å². The van der Waals surface area contributed by atoms with Gasteiger partial charge in [0.15, 0.2) is 0 Å². The number of aromatic nitrogens is 2. The molecule has 1 N–H and O–H groups in total. The summed E-state index contributed by atoms with van der Waals surface area (Å²) in [6, 6.07) is 19.6. The Bertz CT molecular complexity index is 979. The van der Waals surface area contributed by atoms with Gasteiger partial charge < -0.3 is 10.2 Å². The first-order chi connectivity index (χ1) is 15.5. The molecular formula is C25H27F3N4. The first kappa shape index (κ1) is 22.3. The summed E-state index contributed by atoms with van der Waals surface area (Å²) in [5, 5.41) is 3.62. The summed E-state index contributed by atoms with van der Waals surface area (Å²) in [6.07, 6.45) is 1.32. The average Bonchev–Trinajstić information content (AvgIpc) is 2.82. The fourth-order valence-corrected chi connectivity index (χ4v) is 4.45. The van der Waals surface area contributed by atoms with Crippen molar-refractivity contribution in [2.75, 3.05) is 4.90 Å². The molecule has 1 aromatic heterocycles. The quantitative estimate of drug-likeness (QED) is 0.519. The molecule has 1 aliphatic rings. The molecule has 1 heterocycles. The fourth-order valence-electron chi connectivity index (χ4n) is 4.45. The molecule has 0 spiro atoms. The van der Waals surface area contributed by atoms with Crippen molar-refractivity contribution < 1.29 is 13.2 Å². The Labute approximate surface area is 186 Å². The summed E-state index contributed by atoms with van der Waals surface area (Å²) in [6.45, 7) is 1.03. The number of nitrogens with zero attached hydrogens (tertiary/aromatic N) is 3. The first-order valence-corrected chi connectivity index (χ1v) is 11.0. The lowest BCUT2D eigenvalue weighted by Gasteiger charge is -2.42. The van der Waals surface area contributed by atoms with Crippen molar-refractivity contribution in [3.05, 3.63) is 89.9 Å². The lowest BCUT2D eigenvalue weighted by molar-refractivity contribution is -0.137. The first-order valence-electron chi connectivity index (χ1n) is 11.0. The summed E-state index contributed by atoms with van der Waals surface area (Å²) in [4.78, 5) is 9.64. The molecule has 7 heteroatoms. The van der Waals surface area contributed by atoms with Crippen molar-refractivity contribution in [3.8, 4) is 0 Å². The number of hydrogen-bond donors (Lipinski definition) is 1. The Morgan fingerprint density at radius 3 is 2.25 bits per heavy atom. The van der Waals surface area contributed by atoms with Crippen LogP contribution in [0, 0.1) is 0 Å². The summed E-state index contributed by atoms with van der Waals surface area (Å²) in [5.74, 6) is -0.0465. The Morgan fingerprint density at radius 1 is 0.906 bits per heavy atom. The fraction of sp³-hybridized carbons (Fsp3) is 0.360. The molecule has 1 fully saturated rings. The van der Waals surface area contributed by atoms with Gasteiger partial charge in [-0.25, -0.2) is 9.97 Å². The van der Waals surface area contributed by atoms with E-state index < -0.39 is 11.7 Å². The van der Waals surface area contributed by atoms with Gasteiger partial charge in [-0.2, -0.15) is 13.2 Å². The number of hydrogen-bond acceptors (Lipinski definition) is 4. The SMILES string of the molecule is FC(F)(F)c1cncnc1N(Cc1ccccc1)[C@@H]1CCCC[C@H]1NCc1ccccc1. The van der Waals surface area contributed by atoms with Crippen molar-refractivity contribution in [2.24, 2.45) is 0 Å². The van der Waals surface area contributed by atoms with E-state index in [1.807, 2.05) is 53.4 Å². The maximum Gasteiger partial charge on any atom is 0.421 e. The highest BCUT2D eigenvalue weighted by molar-refractivity contribution is 5.49. The van der Waals surface area contributed by atoms with Gasteiger partial charge in [-0.05, 0) is 24.0 Å². The van der Waals surface area contributed by atoms with Gasteiger partial charge in [0.1, 0.15) is 17.7 Å². The van der Waals surface area contributed by atoms with Gasteiger partial charge in [0.2, 0.25) is 0 Å². The van der Waals surface area contributed by atoms with Gasteiger partial charge in [-0.1, -0.05) is 73.5 Å². The number of rotatable bonds is 7. The number of nitrogens with one attached hydrogen (secondary N) is 1. The van der Waals surface area contributed by atoms with Crippen LogP contribution in [0.4, 0.5) is 19.0 Å². The molecule has 0 saturated heterocycles. The molecule has 0 bridgehead atoms. The highest BCUT2D eigenvalue weighted by atomic mass is 19.4. The Morgan fingerprint density at radius 2 is 1.56 bits per heavy atom. The Balaban J connectivity index is 1.66. The molecule has 32 heavy (non-hydrogen) atoms. The number of alkyl halides is 3. The summed E-state index contributed by atoms with van der Waals surface area (Å²) >= 11 is 0. The topological polar surface area (TPSA) is 41.1 Å². The van der Waals surface area contributed by atoms with Crippen LogP contribution in [0.25, 0.3) is 0 Å². The van der Waals surface area contributed by atoms with E-state index in [9.17, 15) is 13.2 Å². The maximum absolute atomic E-state index is 13.9. The second-order valence-corrected chi connectivity index (χ2v) is 8.20. The third-order valence-electron chi connectivity index (χ3n) is 6.01. The minimum Gasteiger partial charge on any atom is -0.347 e. The predicted molar refractivity (Wildman–Crippen MR) is 119 cm³/mol. The van der Waals surface area contributed by atoms with E-state index in [2.05, 4.69) is 27.4 Å². The van der Waals surface area contributed by atoms with E-state index in [1.165, 1.54) is 6.33 Å². The lowest BCUT2D eigenvalue weighted by Crippen LogP contribution is -2.52. The maximum atomic E-state index is 13.9. The van der Waals surface area contributed by atoms with Crippen LogP contribution in [0.2, 0.25) is 0 Å². The van der Waals surface area contributed by atoms with Crippen LogP contribution in [0.5, 0.6) is 0 Å². The summed E-state index contributed by atoms with van der Waals surface area (Å²) in [7, 11) is 0. The number of anilines is 1. The van der Waals surface area contributed by atoms with E-state index in [4.69, 9.17) is 0 Å². The summed E-state index contributed by atoms with van der Waals surface area (Å²) in [5.41, 5.74) is 1.32. The Kier molecular flexibility index (Phi) is 7.05. The van der Waals surface area contributed by atoms with Gasteiger partial charge in [0, 0.05) is 31.4 Å². The van der Waals surface area contributed by atoms with Crippen LogP contribution in [0.3, 0.4) is 0 Å². The van der Waals surface area contributed by atoms with Crippen LogP contribution < -0.4 is 10.2 Å². The van der Waals surface area contributed by atoms with Crippen LogP contribution in [-0.2, 0) is 19.3 Å². The molecular weight excluding hydrogens is 413 g/mol. The van der Waals surface area contributed by atoms with Gasteiger partial charge in [0.05, 0.1) is 0 Å². The van der Waals surface area contributed by atoms with E-state index in [1.54, 1.807) is 0 Å². The van der Waals surface area contributed by atoms with Crippen LogP contribution >= 0.6 is 0 Å². The van der Waals surface area contributed by atoms with E-state index >= 15 is 0 Å².